The molecule has 2 aliphatic rings. The SMILES string of the molecule is CCc1ccccc1S(=O)(=O)NC(=O)[C@@H]1C[C@H]2CC[C@@H]1O2. The highest BCUT2D eigenvalue weighted by molar-refractivity contribution is 7.90. The van der Waals surface area contributed by atoms with E-state index in [1.165, 1.54) is 6.07 Å². The van der Waals surface area contributed by atoms with Gasteiger partial charge in [0, 0.05) is 0 Å². The molecule has 2 saturated heterocycles. The molecular formula is C15H19NO4S. The topological polar surface area (TPSA) is 72.5 Å². The molecule has 1 amide bonds. The first-order chi connectivity index (χ1) is 10.0. The van der Waals surface area contributed by atoms with Gasteiger partial charge in [0.1, 0.15) is 0 Å². The third kappa shape index (κ3) is 2.70. The summed E-state index contributed by atoms with van der Waals surface area (Å²) in [5.74, 6) is -0.777. The lowest BCUT2D eigenvalue weighted by atomic mass is 9.89. The summed E-state index contributed by atoms with van der Waals surface area (Å²) < 4.78 is 32.7. The van der Waals surface area contributed by atoms with E-state index in [0.717, 1.165) is 12.8 Å². The average molecular weight is 309 g/mol. The third-order valence-electron chi connectivity index (χ3n) is 4.32. The fourth-order valence-electron chi connectivity index (χ4n) is 3.23. The summed E-state index contributed by atoms with van der Waals surface area (Å²) in [7, 11) is -3.81. The highest BCUT2D eigenvalue weighted by Crippen LogP contribution is 2.39. The molecule has 0 aliphatic carbocycles. The number of amides is 1. The van der Waals surface area contributed by atoms with Crippen molar-refractivity contribution >= 4 is 15.9 Å². The zero-order valence-corrected chi connectivity index (χ0v) is 12.7. The molecular weight excluding hydrogens is 290 g/mol. The maximum atomic E-state index is 12.4. The van der Waals surface area contributed by atoms with E-state index in [-0.39, 0.29) is 23.0 Å². The molecule has 21 heavy (non-hydrogen) atoms. The van der Waals surface area contributed by atoms with Crippen LogP contribution in [0.4, 0.5) is 0 Å². The molecule has 114 valence electrons. The van der Waals surface area contributed by atoms with Crippen LogP contribution in [0.25, 0.3) is 0 Å². The summed E-state index contributed by atoms with van der Waals surface area (Å²) >= 11 is 0. The number of hydrogen-bond acceptors (Lipinski definition) is 4. The number of fused-ring (bicyclic) bond motifs is 2. The fourth-order valence-corrected chi connectivity index (χ4v) is 4.58. The minimum atomic E-state index is -3.81. The third-order valence-corrected chi connectivity index (χ3v) is 5.77. The molecule has 3 rings (SSSR count). The van der Waals surface area contributed by atoms with Crippen molar-refractivity contribution in [2.45, 2.75) is 49.7 Å². The van der Waals surface area contributed by atoms with Gasteiger partial charge in [0.15, 0.2) is 0 Å². The quantitative estimate of drug-likeness (QED) is 0.917. The van der Waals surface area contributed by atoms with Crippen LogP contribution >= 0.6 is 0 Å². The number of rotatable bonds is 4. The van der Waals surface area contributed by atoms with Gasteiger partial charge >= 0.3 is 0 Å². The monoisotopic (exact) mass is 309 g/mol. The van der Waals surface area contributed by atoms with E-state index >= 15 is 0 Å². The summed E-state index contributed by atoms with van der Waals surface area (Å²) in [5, 5.41) is 0. The second kappa shape index (κ2) is 5.42. The van der Waals surface area contributed by atoms with Crippen LogP contribution in [0.3, 0.4) is 0 Å². The van der Waals surface area contributed by atoms with Crippen LogP contribution in [0, 0.1) is 5.92 Å². The molecule has 0 saturated carbocycles. The van der Waals surface area contributed by atoms with E-state index in [2.05, 4.69) is 4.72 Å². The number of carbonyl (C=O) groups is 1. The van der Waals surface area contributed by atoms with Gasteiger partial charge in [-0.2, -0.15) is 0 Å². The maximum Gasteiger partial charge on any atom is 0.264 e. The molecule has 2 bridgehead atoms. The van der Waals surface area contributed by atoms with Crippen molar-refractivity contribution in [3.63, 3.8) is 0 Å². The lowest BCUT2D eigenvalue weighted by molar-refractivity contribution is -0.124. The molecule has 0 spiro atoms. The Morgan fingerprint density at radius 2 is 2.10 bits per heavy atom. The highest BCUT2D eigenvalue weighted by Gasteiger charge is 2.45. The first kappa shape index (κ1) is 14.5. The van der Waals surface area contributed by atoms with Gasteiger partial charge in [-0.3, -0.25) is 4.79 Å². The molecule has 3 atom stereocenters. The molecule has 6 heteroatoms. The maximum absolute atomic E-state index is 12.4. The van der Waals surface area contributed by atoms with Gasteiger partial charge in [0.05, 0.1) is 23.0 Å². The van der Waals surface area contributed by atoms with Gasteiger partial charge < -0.3 is 4.74 Å². The van der Waals surface area contributed by atoms with E-state index in [0.29, 0.717) is 18.4 Å². The second-order valence-electron chi connectivity index (χ2n) is 5.65. The Morgan fingerprint density at radius 1 is 1.33 bits per heavy atom. The number of benzene rings is 1. The first-order valence-corrected chi connectivity index (χ1v) is 8.79. The lowest BCUT2D eigenvalue weighted by Gasteiger charge is -2.18. The van der Waals surface area contributed by atoms with Gasteiger partial charge in [-0.1, -0.05) is 25.1 Å². The predicted molar refractivity (Wildman–Crippen MR) is 77.2 cm³/mol. The predicted octanol–water partition coefficient (Wildman–Crippen LogP) is 1.62. The number of hydrogen-bond donors (Lipinski definition) is 1. The number of carbonyl (C=O) groups excluding carboxylic acids is 1. The van der Waals surface area contributed by atoms with Crippen LogP contribution in [-0.2, 0) is 26.0 Å². The van der Waals surface area contributed by atoms with Crippen molar-refractivity contribution in [2.24, 2.45) is 5.92 Å². The van der Waals surface area contributed by atoms with E-state index in [1.807, 2.05) is 6.92 Å². The molecule has 2 fully saturated rings. The van der Waals surface area contributed by atoms with Crippen molar-refractivity contribution < 1.29 is 17.9 Å². The minimum Gasteiger partial charge on any atom is -0.374 e. The van der Waals surface area contributed by atoms with Gasteiger partial charge in [-0.05, 0) is 37.3 Å². The van der Waals surface area contributed by atoms with Crippen molar-refractivity contribution in [1.29, 1.82) is 0 Å². The standard InChI is InChI=1S/C15H19NO4S/c1-2-10-5-3-4-6-14(10)21(18,19)16-15(17)12-9-11-7-8-13(12)20-11/h3-6,11-13H,2,7-9H2,1H3,(H,16,17)/t11-,12-,13+/m1/s1. The van der Waals surface area contributed by atoms with Crippen molar-refractivity contribution in [1.82, 2.24) is 4.72 Å². The summed E-state index contributed by atoms with van der Waals surface area (Å²) in [4.78, 5) is 12.4. The summed E-state index contributed by atoms with van der Waals surface area (Å²) in [6.45, 7) is 1.89. The van der Waals surface area contributed by atoms with Crippen molar-refractivity contribution in [3.05, 3.63) is 29.8 Å². The first-order valence-electron chi connectivity index (χ1n) is 7.31. The van der Waals surface area contributed by atoms with Gasteiger partial charge in [0.2, 0.25) is 5.91 Å². The zero-order valence-electron chi connectivity index (χ0n) is 11.9. The Balaban J connectivity index is 1.78. The molecule has 0 radical (unpaired) electrons. The van der Waals surface area contributed by atoms with Crippen LogP contribution in [0.15, 0.2) is 29.2 Å². The zero-order chi connectivity index (χ0) is 15.0. The van der Waals surface area contributed by atoms with E-state index in [9.17, 15) is 13.2 Å². The number of nitrogens with one attached hydrogen (secondary N) is 1. The Hall–Kier alpha value is -1.40. The Kier molecular flexibility index (Phi) is 3.75. The van der Waals surface area contributed by atoms with E-state index in [4.69, 9.17) is 4.74 Å². The van der Waals surface area contributed by atoms with Crippen LogP contribution in [-0.4, -0.2) is 26.5 Å². The lowest BCUT2D eigenvalue weighted by Crippen LogP contribution is -2.39. The normalized spacial score (nSPS) is 27.8. The second-order valence-corrected chi connectivity index (χ2v) is 7.30. The molecule has 1 aromatic rings. The number of ether oxygens (including phenoxy) is 1. The Bertz CT molecular complexity index is 655. The summed E-state index contributed by atoms with van der Waals surface area (Å²) in [6.07, 6.45) is 3.04. The largest absolute Gasteiger partial charge is 0.374 e. The fraction of sp³-hybridized carbons (Fsp3) is 0.533. The summed E-state index contributed by atoms with van der Waals surface area (Å²) in [5.41, 5.74) is 0.710. The Morgan fingerprint density at radius 3 is 2.71 bits per heavy atom. The summed E-state index contributed by atoms with van der Waals surface area (Å²) in [6, 6.07) is 6.76. The molecule has 1 N–H and O–H groups in total. The smallest absolute Gasteiger partial charge is 0.264 e. The van der Waals surface area contributed by atoms with Crippen molar-refractivity contribution in [2.75, 3.05) is 0 Å². The highest BCUT2D eigenvalue weighted by atomic mass is 32.2. The Labute approximate surface area is 124 Å². The van der Waals surface area contributed by atoms with Gasteiger partial charge in [-0.15, -0.1) is 0 Å². The van der Waals surface area contributed by atoms with E-state index in [1.54, 1.807) is 18.2 Å². The average Bonchev–Trinajstić information content (AvgIpc) is 3.09. The molecule has 5 nitrogen and oxygen atoms in total. The van der Waals surface area contributed by atoms with Crippen molar-refractivity contribution in [3.8, 4) is 0 Å². The molecule has 2 heterocycles. The molecule has 1 aromatic carbocycles. The number of sulfonamides is 1. The van der Waals surface area contributed by atoms with Crippen LogP contribution < -0.4 is 4.72 Å². The minimum absolute atomic E-state index is 0.119. The van der Waals surface area contributed by atoms with Crippen LogP contribution in [0.5, 0.6) is 0 Å². The molecule has 0 aromatic heterocycles. The van der Waals surface area contributed by atoms with Crippen LogP contribution in [0.1, 0.15) is 31.7 Å². The van der Waals surface area contributed by atoms with Gasteiger partial charge in [0.25, 0.3) is 10.0 Å². The van der Waals surface area contributed by atoms with E-state index < -0.39 is 15.9 Å². The number of aryl methyl sites for hydroxylation is 1. The molecule has 2 aliphatic heterocycles. The van der Waals surface area contributed by atoms with Gasteiger partial charge in [-0.25, -0.2) is 13.1 Å². The van der Waals surface area contributed by atoms with Crippen LogP contribution in [0.2, 0.25) is 0 Å². The molecule has 0 unspecified atom stereocenters.